The molecule has 0 spiro atoms. The van der Waals surface area contributed by atoms with Crippen molar-refractivity contribution in [2.45, 2.75) is 27.3 Å². The second kappa shape index (κ2) is 5.60. The third kappa shape index (κ3) is 2.96. The summed E-state index contributed by atoms with van der Waals surface area (Å²) in [5.41, 5.74) is 3.38. The molecule has 2 aromatic rings. The quantitative estimate of drug-likeness (QED) is 0.779. The van der Waals surface area contributed by atoms with Crippen molar-refractivity contribution in [3.63, 3.8) is 0 Å². The maximum Gasteiger partial charge on any atom is 0.378 e. The van der Waals surface area contributed by atoms with Crippen LogP contribution >= 0.6 is 0 Å². The normalized spacial score (nSPS) is 10.5. The highest BCUT2D eigenvalue weighted by molar-refractivity contribution is 5.85. The highest BCUT2D eigenvalue weighted by atomic mass is 16.5. The summed E-state index contributed by atoms with van der Waals surface area (Å²) >= 11 is 0. The van der Waals surface area contributed by atoms with Crippen molar-refractivity contribution in [1.29, 1.82) is 0 Å². The van der Waals surface area contributed by atoms with Crippen LogP contribution in [-0.4, -0.2) is 32.8 Å². The maximum atomic E-state index is 11.7. The number of hydrogen-bond acceptors (Lipinski definition) is 5. The Hall–Kier alpha value is -2.24. The Morgan fingerprint density at radius 3 is 2.89 bits per heavy atom. The summed E-state index contributed by atoms with van der Waals surface area (Å²) in [6.45, 7) is 6.54. The largest absolute Gasteiger partial charge is 0.460 e. The third-order valence-electron chi connectivity index (χ3n) is 2.81. The van der Waals surface area contributed by atoms with E-state index in [1.54, 1.807) is 6.92 Å². The second-order valence-electron chi connectivity index (χ2n) is 4.31. The SMILES string of the molecule is CCOC(=O)c1nnnn1Cc1cc(C)ccc1C. The van der Waals surface area contributed by atoms with Gasteiger partial charge in [-0.3, -0.25) is 0 Å². The molecule has 1 heterocycles. The molecule has 0 saturated heterocycles. The van der Waals surface area contributed by atoms with E-state index in [2.05, 4.69) is 21.6 Å². The first-order chi connectivity index (χ1) is 9.11. The first-order valence-corrected chi connectivity index (χ1v) is 6.11. The zero-order valence-electron chi connectivity index (χ0n) is 11.3. The van der Waals surface area contributed by atoms with E-state index in [-0.39, 0.29) is 5.82 Å². The van der Waals surface area contributed by atoms with E-state index in [0.29, 0.717) is 13.2 Å². The van der Waals surface area contributed by atoms with E-state index in [1.165, 1.54) is 4.68 Å². The lowest BCUT2D eigenvalue weighted by Gasteiger charge is -2.08. The second-order valence-corrected chi connectivity index (χ2v) is 4.31. The van der Waals surface area contributed by atoms with E-state index in [0.717, 1.165) is 16.7 Å². The van der Waals surface area contributed by atoms with E-state index < -0.39 is 5.97 Å². The third-order valence-corrected chi connectivity index (χ3v) is 2.81. The van der Waals surface area contributed by atoms with Crippen molar-refractivity contribution >= 4 is 5.97 Å². The highest BCUT2D eigenvalue weighted by Crippen LogP contribution is 2.12. The molecule has 0 unspecified atom stereocenters. The molecule has 0 amide bonds. The van der Waals surface area contributed by atoms with E-state index in [1.807, 2.05) is 26.0 Å². The average Bonchev–Trinajstić information content (AvgIpc) is 2.82. The summed E-state index contributed by atoms with van der Waals surface area (Å²) in [6.07, 6.45) is 0. The van der Waals surface area contributed by atoms with Crippen LogP contribution in [0.1, 0.15) is 34.2 Å². The van der Waals surface area contributed by atoms with Gasteiger partial charge in [0.15, 0.2) is 0 Å². The molecule has 0 aliphatic heterocycles. The Morgan fingerprint density at radius 2 is 2.16 bits per heavy atom. The van der Waals surface area contributed by atoms with Crippen LogP contribution in [0.2, 0.25) is 0 Å². The number of nitrogens with zero attached hydrogens (tertiary/aromatic N) is 4. The molecule has 0 aliphatic carbocycles. The molecule has 0 fully saturated rings. The molecular weight excluding hydrogens is 244 g/mol. The molecule has 100 valence electrons. The van der Waals surface area contributed by atoms with Crippen LogP contribution in [0.5, 0.6) is 0 Å². The van der Waals surface area contributed by atoms with Gasteiger partial charge in [-0.05, 0) is 42.3 Å². The molecule has 0 saturated carbocycles. The Bertz CT molecular complexity index is 592. The topological polar surface area (TPSA) is 69.9 Å². The molecular formula is C13H16N4O2. The Kier molecular flexibility index (Phi) is 3.89. The van der Waals surface area contributed by atoms with Crippen molar-refractivity contribution in [1.82, 2.24) is 20.2 Å². The molecule has 0 N–H and O–H groups in total. The van der Waals surface area contributed by atoms with Crippen molar-refractivity contribution in [3.05, 3.63) is 40.7 Å². The van der Waals surface area contributed by atoms with Gasteiger partial charge in [-0.15, -0.1) is 5.10 Å². The van der Waals surface area contributed by atoms with Crippen LogP contribution in [0.4, 0.5) is 0 Å². The van der Waals surface area contributed by atoms with Crippen molar-refractivity contribution < 1.29 is 9.53 Å². The number of carbonyl (C=O) groups is 1. The van der Waals surface area contributed by atoms with Gasteiger partial charge in [-0.1, -0.05) is 23.8 Å². The molecule has 0 aliphatic rings. The molecule has 1 aromatic heterocycles. The zero-order valence-corrected chi connectivity index (χ0v) is 11.3. The van der Waals surface area contributed by atoms with Gasteiger partial charge in [0.05, 0.1) is 13.2 Å². The monoisotopic (exact) mass is 260 g/mol. The van der Waals surface area contributed by atoms with Gasteiger partial charge in [0.25, 0.3) is 5.82 Å². The fourth-order valence-electron chi connectivity index (χ4n) is 1.78. The van der Waals surface area contributed by atoms with Gasteiger partial charge in [-0.25, -0.2) is 9.48 Å². The van der Waals surface area contributed by atoms with Gasteiger partial charge in [-0.2, -0.15) is 0 Å². The molecule has 0 bridgehead atoms. The van der Waals surface area contributed by atoms with Gasteiger partial charge >= 0.3 is 5.97 Å². The number of aromatic nitrogens is 4. The number of aryl methyl sites for hydroxylation is 2. The number of benzene rings is 1. The van der Waals surface area contributed by atoms with Crippen LogP contribution in [-0.2, 0) is 11.3 Å². The van der Waals surface area contributed by atoms with Crippen molar-refractivity contribution in [2.24, 2.45) is 0 Å². The Balaban J connectivity index is 2.26. The number of rotatable bonds is 4. The van der Waals surface area contributed by atoms with Crippen LogP contribution in [0.3, 0.4) is 0 Å². The predicted octanol–water partition coefficient (Wildman–Crippen LogP) is 1.51. The molecule has 2 rings (SSSR count). The lowest BCUT2D eigenvalue weighted by Crippen LogP contribution is -2.15. The Morgan fingerprint density at radius 1 is 1.37 bits per heavy atom. The predicted molar refractivity (Wildman–Crippen MR) is 68.8 cm³/mol. The number of carbonyl (C=O) groups excluding carboxylic acids is 1. The molecule has 6 nitrogen and oxygen atoms in total. The fourth-order valence-corrected chi connectivity index (χ4v) is 1.78. The standard InChI is InChI=1S/C13H16N4O2/c1-4-19-13(18)12-14-15-16-17(12)8-11-7-9(2)5-6-10(11)3/h5-7H,4,8H2,1-3H3. The number of hydrogen-bond donors (Lipinski definition) is 0. The maximum absolute atomic E-state index is 11.7. The minimum absolute atomic E-state index is 0.128. The van der Waals surface area contributed by atoms with Gasteiger partial charge < -0.3 is 4.74 Å². The number of ether oxygens (including phenoxy) is 1. The average molecular weight is 260 g/mol. The van der Waals surface area contributed by atoms with Crippen molar-refractivity contribution in [2.75, 3.05) is 6.61 Å². The molecule has 0 atom stereocenters. The minimum atomic E-state index is -0.502. The molecule has 1 aromatic carbocycles. The van der Waals surface area contributed by atoms with Crippen LogP contribution in [0.15, 0.2) is 18.2 Å². The summed E-state index contributed by atoms with van der Waals surface area (Å²) in [5, 5.41) is 11.1. The number of tetrazole rings is 1. The minimum Gasteiger partial charge on any atom is -0.460 e. The molecule has 0 radical (unpaired) electrons. The van der Waals surface area contributed by atoms with Gasteiger partial charge in [0.1, 0.15) is 0 Å². The van der Waals surface area contributed by atoms with Crippen molar-refractivity contribution in [3.8, 4) is 0 Å². The van der Waals surface area contributed by atoms with Gasteiger partial charge in [0.2, 0.25) is 0 Å². The van der Waals surface area contributed by atoms with Crippen LogP contribution < -0.4 is 0 Å². The van der Waals surface area contributed by atoms with E-state index >= 15 is 0 Å². The Labute approximate surface area is 111 Å². The lowest BCUT2D eigenvalue weighted by molar-refractivity contribution is 0.0505. The van der Waals surface area contributed by atoms with Crippen LogP contribution in [0, 0.1) is 13.8 Å². The van der Waals surface area contributed by atoms with Crippen LogP contribution in [0.25, 0.3) is 0 Å². The summed E-state index contributed by atoms with van der Waals surface area (Å²) < 4.78 is 6.37. The van der Waals surface area contributed by atoms with E-state index in [4.69, 9.17) is 4.74 Å². The molecule has 6 heteroatoms. The first kappa shape index (κ1) is 13.2. The molecule has 19 heavy (non-hydrogen) atoms. The summed E-state index contributed by atoms with van der Waals surface area (Å²) in [6, 6.07) is 6.15. The summed E-state index contributed by atoms with van der Waals surface area (Å²) in [4.78, 5) is 11.7. The summed E-state index contributed by atoms with van der Waals surface area (Å²) in [7, 11) is 0. The number of esters is 1. The fraction of sp³-hybridized carbons (Fsp3) is 0.385. The smallest absolute Gasteiger partial charge is 0.378 e. The first-order valence-electron chi connectivity index (χ1n) is 6.11. The lowest BCUT2D eigenvalue weighted by atomic mass is 10.1. The zero-order chi connectivity index (χ0) is 13.8. The van der Waals surface area contributed by atoms with Gasteiger partial charge in [0, 0.05) is 0 Å². The highest BCUT2D eigenvalue weighted by Gasteiger charge is 2.17. The van der Waals surface area contributed by atoms with E-state index in [9.17, 15) is 4.79 Å². The summed E-state index contributed by atoms with van der Waals surface area (Å²) in [5.74, 6) is -0.374.